The second-order valence-electron chi connectivity index (χ2n) is 7.48. The maximum absolute atomic E-state index is 12.7. The molecule has 0 spiro atoms. The Morgan fingerprint density at radius 2 is 1.73 bits per heavy atom. The van der Waals surface area contributed by atoms with E-state index in [0.717, 1.165) is 35.3 Å². The van der Waals surface area contributed by atoms with Crippen LogP contribution >= 0.6 is 0 Å². The number of pyridine rings is 1. The van der Waals surface area contributed by atoms with Gasteiger partial charge in [0.1, 0.15) is 6.54 Å². The minimum Gasteiger partial charge on any atom is -0.335 e. The second kappa shape index (κ2) is 9.39. The first-order valence-electron chi connectivity index (χ1n) is 10.2. The molecule has 0 unspecified atom stereocenters. The predicted octanol–water partition coefficient (Wildman–Crippen LogP) is 4.39. The number of nitrogens with zero attached hydrogens (tertiary/aromatic N) is 1. The van der Waals surface area contributed by atoms with E-state index in [4.69, 9.17) is 0 Å². The number of hydrogen-bond donors (Lipinski definition) is 2. The molecule has 2 amide bonds. The van der Waals surface area contributed by atoms with Gasteiger partial charge in [0.2, 0.25) is 11.8 Å². The summed E-state index contributed by atoms with van der Waals surface area (Å²) < 4.78 is 1.83. The Morgan fingerprint density at radius 1 is 0.967 bits per heavy atom. The molecule has 0 aliphatic heterocycles. The van der Waals surface area contributed by atoms with E-state index in [0.29, 0.717) is 17.5 Å². The summed E-state index contributed by atoms with van der Waals surface area (Å²) in [5.41, 5.74) is 3.70. The smallest absolute Gasteiger partial charge is 0.244 e. The molecule has 2 aromatic carbocycles. The monoisotopic (exact) mass is 405 g/mol. The van der Waals surface area contributed by atoms with E-state index in [-0.39, 0.29) is 23.8 Å². The molecule has 0 radical (unpaired) electrons. The Bertz CT molecular complexity index is 1150. The highest BCUT2D eigenvalue weighted by Crippen LogP contribution is 2.20. The highest BCUT2D eigenvalue weighted by atomic mass is 16.2. The van der Waals surface area contributed by atoms with Crippen molar-refractivity contribution in [2.24, 2.45) is 0 Å². The number of unbranched alkanes of at least 4 members (excludes halogenated alkanes) is 1. The first-order chi connectivity index (χ1) is 14.4. The van der Waals surface area contributed by atoms with Crippen molar-refractivity contribution in [2.45, 2.75) is 46.6 Å². The van der Waals surface area contributed by atoms with Crippen LogP contribution in [-0.2, 0) is 16.1 Å². The largest absolute Gasteiger partial charge is 0.335 e. The average molecular weight is 405 g/mol. The summed E-state index contributed by atoms with van der Waals surface area (Å²) in [4.78, 5) is 36.8. The number of carbonyl (C=O) groups is 2. The molecule has 0 aliphatic rings. The number of para-hydroxylation sites is 1. The van der Waals surface area contributed by atoms with Gasteiger partial charge in [-0.2, -0.15) is 0 Å². The van der Waals surface area contributed by atoms with Crippen LogP contribution in [0.25, 0.3) is 10.9 Å². The lowest BCUT2D eigenvalue weighted by molar-refractivity contribution is -0.117. The van der Waals surface area contributed by atoms with Gasteiger partial charge in [0.25, 0.3) is 0 Å². The number of carbonyl (C=O) groups excluding carboxylic acids is 2. The molecule has 0 bridgehead atoms. The molecule has 0 saturated carbocycles. The fourth-order valence-corrected chi connectivity index (χ4v) is 3.44. The van der Waals surface area contributed by atoms with E-state index in [1.165, 1.54) is 0 Å². The van der Waals surface area contributed by atoms with Crippen molar-refractivity contribution in [1.29, 1.82) is 0 Å². The van der Waals surface area contributed by atoms with Crippen LogP contribution in [0.2, 0.25) is 0 Å². The van der Waals surface area contributed by atoms with Crippen LogP contribution in [0.15, 0.2) is 53.3 Å². The van der Waals surface area contributed by atoms with E-state index in [1.54, 1.807) is 24.3 Å². The number of benzene rings is 2. The van der Waals surface area contributed by atoms with Crippen molar-refractivity contribution in [3.05, 3.63) is 70.0 Å². The molecule has 3 rings (SSSR count). The normalized spacial score (nSPS) is 10.8. The molecular formula is C24H27N3O3. The van der Waals surface area contributed by atoms with Gasteiger partial charge in [-0.3, -0.25) is 14.4 Å². The van der Waals surface area contributed by atoms with E-state index >= 15 is 0 Å². The van der Waals surface area contributed by atoms with Crippen molar-refractivity contribution >= 4 is 34.1 Å². The molecule has 30 heavy (non-hydrogen) atoms. The molecule has 6 heteroatoms. The minimum atomic E-state index is -0.189. The Morgan fingerprint density at radius 3 is 2.47 bits per heavy atom. The molecular weight excluding hydrogens is 378 g/mol. The van der Waals surface area contributed by atoms with Crippen LogP contribution in [-0.4, -0.2) is 16.4 Å². The highest BCUT2D eigenvalue weighted by Gasteiger charge is 2.11. The zero-order valence-electron chi connectivity index (χ0n) is 17.6. The lowest BCUT2D eigenvalue weighted by Gasteiger charge is -2.15. The zero-order valence-corrected chi connectivity index (χ0v) is 17.6. The maximum atomic E-state index is 12.7. The van der Waals surface area contributed by atoms with Gasteiger partial charge in [0.15, 0.2) is 5.43 Å². The number of anilines is 2. The molecule has 0 saturated heterocycles. The Hall–Kier alpha value is -3.41. The van der Waals surface area contributed by atoms with Crippen molar-refractivity contribution in [3.8, 4) is 0 Å². The van der Waals surface area contributed by atoms with E-state index in [2.05, 4.69) is 10.6 Å². The van der Waals surface area contributed by atoms with Crippen LogP contribution in [0.3, 0.4) is 0 Å². The van der Waals surface area contributed by atoms with Crippen molar-refractivity contribution in [1.82, 2.24) is 4.57 Å². The molecule has 3 aromatic rings. The molecule has 2 N–H and O–H groups in total. The molecule has 0 fully saturated rings. The van der Waals surface area contributed by atoms with Gasteiger partial charge in [-0.1, -0.05) is 25.5 Å². The fourth-order valence-electron chi connectivity index (χ4n) is 3.44. The summed E-state index contributed by atoms with van der Waals surface area (Å²) in [6.45, 7) is 5.86. The Balaban J connectivity index is 1.73. The Kier molecular flexibility index (Phi) is 6.67. The van der Waals surface area contributed by atoms with Crippen LogP contribution in [0.4, 0.5) is 11.4 Å². The summed E-state index contributed by atoms with van der Waals surface area (Å²) in [5.74, 6) is -0.191. The van der Waals surface area contributed by atoms with Crippen LogP contribution in [0.5, 0.6) is 0 Å². The summed E-state index contributed by atoms with van der Waals surface area (Å²) in [6, 6.07) is 14.2. The maximum Gasteiger partial charge on any atom is 0.244 e. The highest BCUT2D eigenvalue weighted by molar-refractivity contribution is 5.94. The van der Waals surface area contributed by atoms with Crippen molar-refractivity contribution < 1.29 is 9.59 Å². The summed E-state index contributed by atoms with van der Waals surface area (Å²) in [5, 5.41) is 6.41. The molecule has 0 atom stereocenters. The Labute approximate surface area is 175 Å². The van der Waals surface area contributed by atoms with Gasteiger partial charge < -0.3 is 15.2 Å². The van der Waals surface area contributed by atoms with Crippen molar-refractivity contribution in [3.63, 3.8) is 0 Å². The summed E-state index contributed by atoms with van der Waals surface area (Å²) in [6.07, 6.45) is 2.33. The number of aryl methyl sites for hydroxylation is 2. The van der Waals surface area contributed by atoms with Gasteiger partial charge in [0, 0.05) is 34.9 Å². The zero-order chi connectivity index (χ0) is 21.7. The van der Waals surface area contributed by atoms with E-state index in [1.807, 2.05) is 49.6 Å². The van der Waals surface area contributed by atoms with Crippen LogP contribution in [0, 0.1) is 13.8 Å². The lowest BCUT2D eigenvalue weighted by Crippen LogP contribution is -2.22. The minimum absolute atomic E-state index is 0.00249. The first-order valence-corrected chi connectivity index (χ1v) is 10.2. The van der Waals surface area contributed by atoms with Gasteiger partial charge in [-0.05, 0) is 56.2 Å². The number of nitrogens with one attached hydrogen (secondary N) is 2. The third kappa shape index (κ3) is 4.95. The average Bonchev–Trinajstić information content (AvgIpc) is 2.71. The standard InChI is InChI=1S/C24H27N3O3/c1-4-5-10-23(29)26-20-12-11-18(13-16(20)2)25-24(30)15-27-17(3)14-22(28)19-8-6-7-9-21(19)27/h6-9,11-14H,4-5,10,15H2,1-3H3,(H,25,30)(H,26,29). The van der Waals surface area contributed by atoms with Crippen molar-refractivity contribution in [2.75, 3.05) is 10.6 Å². The molecule has 1 aromatic heterocycles. The number of amides is 2. The second-order valence-corrected chi connectivity index (χ2v) is 7.48. The summed E-state index contributed by atoms with van der Waals surface area (Å²) in [7, 11) is 0. The van der Waals surface area contributed by atoms with Crippen LogP contribution < -0.4 is 16.1 Å². The SMILES string of the molecule is CCCCC(=O)Nc1ccc(NC(=O)Cn2c(C)cc(=O)c3ccccc32)cc1C. The number of hydrogen-bond acceptors (Lipinski definition) is 3. The number of fused-ring (bicyclic) bond motifs is 1. The molecule has 1 heterocycles. The molecule has 156 valence electrons. The van der Waals surface area contributed by atoms with Gasteiger partial charge in [-0.15, -0.1) is 0 Å². The van der Waals surface area contributed by atoms with E-state index < -0.39 is 0 Å². The first kappa shape index (κ1) is 21.3. The topological polar surface area (TPSA) is 80.2 Å². The van der Waals surface area contributed by atoms with Crippen LogP contribution in [0.1, 0.15) is 37.4 Å². The third-order valence-corrected chi connectivity index (χ3v) is 5.07. The summed E-state index contributed by atoms with van der Waals surface area (Å²) >= 11 is 0. The predicted molar refractivity (Wildman–Crippen MR) is 121 cm³/mol. The van der Waals surface area contributed by atoms with E-state index in [9.17, 15) is 14.4 Å². The van der Waals surface area contributed by atoms with Gasteiger partial charge >= 0.3 is 0 Å². The number of aromatic nitrogens is 1. The quantitative estimate of drug-likeness (QED) is 0.612. The third-order valence-electron chi connectivity index (χ3n) is 5.07. The number of rotatable bonds is 7. The lowest BCUT2D eigenvalue weighted by atomic mass is 10.1. The fraction of sp³-hybridized carbons (Fsp3) is 0.292. The molecule has 6 nitrogen and oxygen atoms in total. The van der Waals surface area contributed by atoms with Gasteiger partial charge in [0.05, 0.1) is 5.52 Å². The molecule has 0 aliphatic carbocycles. The van der Waals surface area contributed by atoms with Gasteiger partial charge in [-0.25, -0.2) is 0 Å².